The average Bonchev–Trinajstić information content (AvgIpc) is 3.28. The molecule has 1 amide bonds. The highest BCUT2D eigenvalue weighted by molar-refractivity contribution is 5.93. The molecule has 2 heterocycles. The highest BCUT2D eigenvalue weighted by Crippen LogP contribution is 2.29. The fourth-order valence-corrected chi connectivity index (χ4v) is 2.97. The zero-order chi connectivity index (χ0) is 19.6. The molecule has 1 aromatic carbocycles. The number of rotatable bonds is 6. The van der Waals surface area contributed by atoms with Crippen molar-refractivity contribution in [3.8, 4) is 17.0 Å². The molecule has 0 saturated heterocycles. The third-order valence-electron chi connectivity index (χ3n) is 4.57. The van der Waals surface area contributed by atoms with Gasteiger partial charge in [-0.3, -0.25) is 14.6 Å². The molecule has 0 unspecified atom stereocenters. The standard InChI is InChI=1S/C20H25N5O2/c1-12(2)16-7-14(13(3)6-19(16)27-5)9-21-20(26)18-8-17(23-24-18)15-10-22-25(4)11-15/h6-8,10-12H,9H2,1-5H3,(H,21,26)(H,23,24). The first-order valence-electron chi connectivity index (χ1n) is 8.89. The van der Waals surface area contributed by atoms with Crippen LogP contribution in [0.5, 0.6) is 5.75 Å². The minimum Gasteiger partial charge on any atom is -0.496 e. The van der Waals surface area contributed by atoms with Crippen LogP contribution >= 0.6 is 0 Å². The van der Waals surface area contributed by atoms with E-state index in [1.807, 2.05) is 26.2 Å². The molecule has 0 radical (unpaired) electrons. The molecule has 142 valence electrons. The molecule has 27 heavy (non-hydrogen) atoms. The number of aryl methyl sites for hydroxylation is 2. The molecular weight excluding hydrogens is 342 g/mol. The van der Waals surface area contributed by atoms with Crippen LogP contribution < -0.4 is 10.1 Å². The Labute approximate surface area is 158 Å². The van der Waals surface area contributed by atoms with Gasteiger partial charge in [0.2, 0.25) is 0 Å². The lowest BCUT2D eigenvalue weighted by Gasteiger charge is -2.16. The highest BCUT2D eigenvalue weighted by atomic mass is 16.5. The van der Waals surface area contributed by atoms with Crippen LogP contribution in [0.25, 0.3) is 11.3 Å². The Morgan fingerprint density at radius 2 is 2.11 bits per heavy atom. The van der Waals surface area contributed by atoms with Gasteiger partial charge in [0.15, 0.2) is 0 Å². The van der Waals surface area contributed by atoms with Gasteiger partial charge in [0.05, 0.1) is 19.0 Å². The van der Waals surface area contributed by atoms with Crippen molar-refractivity contribution in [2.75, 3.05) is 7.11 Å². The summed E-state index contributed by atoms with van der Waals surface area (Å²) >= 11 is 0. The van der Waals surface area contributed by atoms with Crippen molar-refractivity contribution in [1.82, 2.24) is 25.3 Å². The van der Waals surface area contributed by atoms with E-state index in [0.717, 1.165) is 28.0 Å². The van der Waals surface area contributed by atoms with Crippen LogP contribution in [0.1, 0.15) is 46.9 Å². The minimum atomic E-state index is -0.195. The molecule has 3 aromatic rings. The molecule has 0 saturated carbocycles. The molecule has 0 aliphatic carbocycles. The van der Waals surface area contributed by atoms with Gasteiger partial charge < -0.3 is 10.1 Å². The normalized spacial score (nSPS) is 11.0. The fraction of sp³-hybridized carbons (Fsp3) is 0.350. The molecule has 0 spiro atoms. The van der Waals surface area contributed by atoms with Crippen molar-refractivity contribution in [3.63, 3.8) is 0 Å². The predicted octanol–water partition coefficient (Wildman–Crippen LogP) is 3.18. The number of carbonyl (C=O) groups excluding carboxylic acids is 1. The number of hydrogen-bond donors (Lipinski definition) is 2. The molecule has 2 N–H and O–H groups in total. The van der Waals surface area contributed by atoms with E-state index in [-0.39, 0.29) is 5.91 Å². The summed E-state index contributed by atoms with van der Waals surface area (Å²) in [6.07, 6.45) is 3.57. The number of nitrogens with one attached hydrogen (secondary N) is 2. The molecule has 0 aliphatic heterocycles. The predicted molar refractivity (Wildman–Crippen MR) is 104 cm³/mol. The monoisotopic (exact) mass is 367 g/mol. The molecule has 7 heteroatoms. The summed E-state index contributed by atoms with van der Waals surface area (Å²) in [7, 11) is 3.52. The van der Waals surface area contributed by atoms with Gasteiger partial charge in [0, 0.05) is 25.4 Å². The SMILES string of the molecule is COc1cc(C)c(CNC(=O)c2cc(-c3cnn(C)c3)n[nH]2)cc1C(C)C. The number of benzene rings is 1. The molecule has 7 nitrogen and oxygen atoms in total. The Morgan fingerprint density at radius 3 is 2.74 bits per heavy atom. The zero-order valence-corrected chi connectivity index (χ0v) is 16.3. The first kappa shape index (κ1) is 18.7. The number of amides is 1. The molecule has 0 bridgehead atoms. The summed E-state index contributed by atoms with van der Waals surface area (Å²) < 4.78 is 7.17. The van der Waals surface area contributed by atoms with Crippen molar-refractivity contribution in [3.05, 3.63) is 53.0 Å². The Morgan fingerprint density at radius 1 is 1.33 bits per heavy atom. The summed E-state index contributed by atoms with van der Waals surface area (Å²) in [5, 5.41) is 14.1. The van der Waals surface area contributed by atoms with E-state index in [1.54, 1.807) is 24.1 Å². The number of methoxy groups -OCH3 is 1. The van der Waals surface area contributed by atoms with Gasteiger partial charge in [-0.25, -0.2) is 0 Å². The highest BCUT2D eigenvalue weighted by Gasteiger charge is 2.14. The van der Waals surface area contributed by atoms with Crippen molar-refractivity contribution in [2.24, 2.45) is 7.05 Å². The number of ether oxygens (including phenoxy) is 1. The van der Waals surface area contributed by atoms with Crippen molar-refractivity contribution in [1.29, 1.82) is 0 Å². The van der Waals surface area contributed by atoms with Crippen molar-refractivity contribution in [2.45, 2.75) is 33.2 Å². The van der Waals surface area contributed by atoms with Crippen LogP contribution in [0.3, 0.4) is 0 Å². The van der Waals surface area contributed by atoms with E-state index in [2.05, 4.69) is 40.5 Å². The lowest BCUT2D eigenvalue weighted by Crippen LogP contribution is -2.23. The Hall–Kier alpha value is -3.09. The smallest absolute Gasteiger partial charge is 0.269 e. The second kappa shape index (κ2) is 7.65. The second-order valence-electron chi connectivity index (χ2n) is 6.93. The van der Waals surface area contributed by atoms with Crippen LogP contribution in [-0.2, 0) is 13.6 Å². The van der Waals surface area contributed by atoms with Crippen molar-refractivity contribution >= 4 is 5.91 Å². The zero-order valence-electron chi connectivity index (χ0n) is 16.3. The van der Waals surface area contributed by atoms with E-state index in [4.69, 9.17) is 4.74 Å². The summed E-state index contributed by atoms with van der Waals surface area (Å²) in [6, 6.07) is 5.85. The fourth-order valence-electron chi connectivity index (χ4n) is 2.97. The Kier molecular flexibility index (Phi) is 5.30. The molecule has 0 aliphatic rings. The number of aromatic nitrogens is 4. The maximum Gasteiger partial charge on any atom is 0.269 e. The number of nitrogens with zero attached hydrogens (tertiary/aromatic N) is 3. The van der Waals surface area contributed by atoms with Crippen LogP contribution in [-0.4, -0.2) is 33.0 Å². The van der Waals surface area contributed by atoms with E-state index in [1.165, 1.54) is 0 Å². The third kappa shape index (κ3) is 4.02. The summed E-state index contributed by atoms with van der Waals surface area (Å²) in [5.74, 6) is 1.02. The maximum atomic E-state index is 12.5. The first-order chi connectivity index (χ1) is 12.9. The maximum absolute atomic E-state index is 12.5. The molecule has 3 rings (SSSR count). The summed E-state index contributed by atoms with van der Waals surface area (Å²) in [5.41, 5.74) is 5.25. The topological polar surface area (TPSA) is 84.8 Å². The second-order valence-corrected chi connectivity index (χ2v) is 6.93. The van der Waals surface area contributed by atoms with Gasteiger partial charge in [0.25, 0.3) is 5.91 Å². The number of carbonyl (C=O) groups is 1. The van der Waals surface area contributed by atoms with Crippen LogP contribution in [0, 0.1) is 6.92 Å². The van der Waals surface area contributed by atoms with Gasteiger partial charge in [-0.1, -0.05) is 13.8 Å². The quantitative estimate of drug-likeness (QED) is 0.701. The van der Waals surface area contributed by atoms with Gasteiger partial charge in [0.1, 0.15) is 11.4 Å². The molecule has 0 fully saturated rings. The van der Waals surface area contributed by atoms with Gasteiger partial charge >= 0.3 is 0 Å². The first-order valence-corrected chi connectivity index (χ1v) is 8.89. The largest absolute Gasteiger partial charge is 0.496 e. The van der Waals surface area contributed by atoms with E-state index >= 15 is 0 Å². The molecular formula is C20H25N5O2. The minimum absolute atomic E-state index is 0.195. The number of aromatic amines is 1. The summed E-state index contributed by atoms with van der Waals surface area (Å²) in [6.45, 7) is 6.71. The lowest BCUT2D eigenvalue weighted by atomic mass is 9.96. The van der Waals surface area contributed by atoms with Gasteiger partial charge in [-0.05, 0) is 47.7 Å². The van der Waals surface area contributed by atoms with Gasteiger partial charge in [-0.2, -0.15) is 10.2 Å². The van der Waals surface area contributed by atoms with E-state index in [9.17, 15) is 4.79 Å². The number of hydrogen-bond acceptors (Lipinski definition) is 4. The third-order valence-corrected chi connectivity index (χ3v) is 4.57. The average molecular weight is 367 g/mol. The summed E-state index contributed by atoms with van der Waals surface area (Å²) in [4.78, 5) is 12.5. The Balaban J connectivity index is 1.72. The van der Waals surface area contributed by atoms with Gasteiger partial charge in [-0.15, -0.1) is 0 Å². The van der Waals surface area contributed by atoms with Crippen LogP contribution in [0.15, 0.2) is 30.6 Å². The number of H-pyrrole nitrogens is 1. The van der Waals surface area contributed by atoms with Crippen LogP contribution in [0.2, 0.25) is 0 Å². The Bertz CT molecular complexity index is 955. The van der Waals surface area contributed by atoms with Crippen LogP contribution in [0.4, 0.5) is 0 Å². The van der Waals surface area contributed by atoms with E-state index in [0.29, 0.717) is 23.9 Å². The molecule has 2 aromatic heterocycles. The van der Waals surface area contributed by atoms with Crippen molar-refractivity contribution < 1.29 is 9.53 Å². The molecule has 0 atom stereocenters. The lowest BCUT2D eigenvalue weighted by molar-refractivity contribution is 0.0946. The van der Waals surface area contributed by atoms with E-state index < -0.39 is 0 Å².